The van der Waals surface area contributed by atoms with Crippen LogP contribution in [0.25, 0.3) is 0 Å². The van der Waals surface area contributed by atoms with Crippen LogP contribution in [0, 0.1) is 5.82 Å². The van der Waals surface area contributed by atoms with Crippen molar-refractivity contribution in [1.29, 1.82) is 0 Å². The van der Waals surface area contributed by atoms with E-state index in [0.717, 1.165) is 12.0 Å². The highest BCUT2D eigenvalue weighted by Gasteiger charge is 2.35. The van der Waals surface area contributed by atoms with Crippen molar-refractivity contribution in [3.05, 3.63) is 65.6 Å². The monoisotopic (exact) mass is 426 g/mol. The van der Waals surface area contributed by atoms with Gasteiger partial charge in [0.1, 0.15) is 5.82 Å². The van der Waals surface area contributed by atoms with E-state index in [1.165, 1.54) is 18.4 Å². The lowest BCUT2D eigenvalue weighted by Crippen LogP contribution is -2.50. The Labute approximate surface area is 180 Å². The van der Waals surface area contributed by atoms with Gasteiger partial charge in [-0.2, -0.15) is 0 Å². The first-order chi connectivity index (χ1) is 14.9. The maximum absolute atomic E-state index is 13.6. The van der Waals surface area contributed by atoms with Gasteiger partial charge in [0.05, 0.1) is 17.8 Å². The molecule has 1 fully saturated rings. The van der Waals surface area contributed by atoms with E-state index in [2.05, 4.69) is 41.2 Å². The Morgan fingerprint density at radius 2 is 1.87 bits per heavy atom. The third-order valence-electron chi connectivity index (χ3n) is 6.06. The summed E-state index contributed by atoms with van der Waals surface area (Å²) < 4.78 is 20.7. The minimum Gasteiger partial charge on any atom is -0.459 e. The van der Waals surface area contributed by atoms with Crippen molar-refractivity contribution in [3.8, 4) is 0 Å². The fourth-order valence-electron chi connectivity index (χ4n) is 3.85. The van der Waals surface area contributed by atoms with Gasteiger partial charge < -0.3 is 9.32 Å². The summed E-state index contributed by atoms with van der Waals surface area (Å²) in [5.41, 5.74) is 0.643. The van der Waals surface area contributed by atoms with Gasteiger partial charge in [-0.25, -0.2) is 9.07 Å². The molecule has 9 heteroatoms. The van der Waals surface area contributed by atoms with Crippen molar-refractivity contribution in [3.63, 3.8) is 0 Å². The minimum absolute atomic E-state index is 0.111. The van der Waals surface area contributed by atoms with Gasteiger partial charge in [0.25, 0.3) is 5.91 Å². The molecular formula is C22H27FN6O2. The molecule has 1 amide bonds. The van der Waals surface area contributed by atoms with E-state index >= 15 is 0 Å². The van der Waals surface area contributed by atoms with Crippen LogP contribution >= 0.6 is 0 Å². The Morgan fingerprint density at radius 3 is 2.48 bits per heavy atom. The Kier molecular flexibility index (Phi) is 5.86. The van der Waals surface area contributed by atoms with Gasteiger partial charge in [0.2, 0.25) is 0 Å². The third-order valence-corrected chi connectivity index (χ3v) is 6.06. The van der Waals surface area contributed by atoms with E-state index in [9.17, 15) is 9.18 Å². The summed E-state index contributed by atoms with van der Waals surface area (Å²) in [6, 6.07) is 9.61. The summed E-state index contributed by atoms with van der Waals surface area (Å²) in [5, 5.41) is 12.6. The van der Waals surface area contributed by atoms with Crippen LogP contribution in [0.15, 0.2) is 47.1 Å². The van der Waals surface area contributed by atoms with Crippen LogP contribution in [0.5, 0.6) is 0 Å². The molecule has 0 saturated carbocycles. The molecular weight excluding hydrogens is 399 g/mol. The van der Waals surface area contributed by atoms with Gasteiger partial charge in [0.15, 0.2) is 11.6 Å². The first kappa shape index (κ1) is 21.2. The molecule has 0 aliphatic carbocycles. The lowest BCUT2D eigenvalue weighted by atomic mass is 9.99. The molecule has 0 bridgehead atoms. The molecule has 0 unspecified atom stereocenters. The van der Waals surface area contributed by atoms with E-state index in [-0.39, 0.29) is 23.3 Å². The number of nitrogens with zero attached hydrogens (tertiary/aromatic N) is 6. The van der Waals surface area contributed by atoms with Crippen molar-refractivity contribution in [2.45, 2.75) is 38.8 Å². The highest BCUT2D eigenvalue weighted by molar-refractivity contribution is 5.91. The van der Waals surface area contributed by atoms with Crippen LogP contribution in [-0.4, -0.2) is 62.1 Å². The molecule has 0 spiro atoms. The average Bonchev–Trinajstić information content (AvgIpc) is 3.48. The van der Waals surface area contributed by atoms with Crippen molar-refractivity contribution < 1.29 is 13.6 Å². The number of tetrazole rings is 1. The Balaban J connectivity index is 1.62. The number of halogens is 1. The number of furan rings is 1. The number of piperazine rings is 1. The maximum Gasteiger partial charge on any atom is 0.289 e. The highest BCUT2D eigenvalue weighted by Crippen LogP contribution is 2.31. The van der Waals surface area contributed by atoms with Crippen LogP contribution in [0.1, 0.15) is 55.2 Å². The van der Waals surface area contributed by atoms with Crippen LogP contribution in [0.3, 0.4) is 0 Å². The van der Waals surface area contributed by atoms with Crippen molar-refractivity contribution in [2.24, 2.45) is 0 Å². The molecule has 1 aliphatic heterocycles. The molecule has 164 valence electrons. The number of benzene rings is 1. The molecule has 1 aromatic carbocycles. The molecule has 3 heterocycles. The molecule has 3 aromatic rings. The smallest absolute Gasteiger partial charge is 0.289 e. The van der Waals surface area contributed by atoms with Crippen LogP contribution in [0.2, 0.25) is 0 Å². The lowest BCUT2D eigenvalue weighted by Gasteiger charge is -2.39. The SMILES string of the molecule is CCC(C)(C)n1nnnc1[C@@H](c1ccc(F)cc1)N1CCN(C(=O)c2ccco2)CC1. The molecule has 1 aliphatic rings. The molecule has 8 nitrogen and oxygen atoms in total. The largest absolute Gasteiger partial charge is 0.459 e. The first-order valence-corrected chi connectivity index (χ1v) is 10.5. The molecule has 1 atom stereocenters. The second-order valence-corrected chi connectivity index (χ2v) is 8.37. The maximum atomic E-state index is 13.6. The summed E-state index contributed by atoms with van der Waals surface area (Å²) >= 11 is 0. The Morgan fingerprint density at radius 1 is 1.16 bits per heavy atom. The fraction of sp³-hybridized carbons (Fsp3) is 0.455. The van der Waals surface area contributed by atoms with Crippen molar-refractivity contribution in [1.82, 2.24) is 30.0 Å². The normalized spacial score (nSPS) is 16.5. The van der Waals surface area contributed by atoms with E-state index in [1.807, 2.05) is 4.68 Å². The number of carbonyl (C=O) groups is 1. The summed E-state index contributed by atoms with van der Waals surface area (Å²) in [6.07, 6.45) is 2.36. The zero-order chi connectivity index (χ0) is 22.0. The number of carbonyl (C=O) groups excluding carboxylic acids is 1. The van der Waals surface area contributed by atoms with E-state index in [0.29, 0.717) is 37.8 Å². The Bertz CT molecular complexity index is 1010. The molecule has 0 radical (unpaired) electrons. The second kappa shape index (κ2) is 8.58. The first-order valence-electron chi connectivity index (χ1n) is 10.5. The standard InChI is InChI=1S/C22H27FN6O2/c1-4-22(2,3)29-20(24-25-26-29)19(16-7-9-17(23)10-8-16)27-11-13-28(14-12-27)21(30)18-6-5-15-31-18/h5-10,15,19H,4,11-14H2,1-3H3/t19-/m1/s1. The Hall–Kier alpha value is -3.07. The number of amides is 1. The second-order valence-electron chi connectivity index (χ2n) is 8.37. The summed E-state index contributed by atoms with van der Waals surface area (Å²) in [4.78, 5) is 16.7. The van der Waals surface area contributed by atoms with Gasteiger partial charge in [-0.15, -0.1) is 5.10 Å². The van der Waals surface area contributed by atoms with Crippen molar-refractivity contribution >= 4 is 5.91 Å². The average molecular weight is 426 g/mol. The summed E-state index contributed by atoms with van der Waals surface area (Å²) in [5.74, 6) is 0.659. The molecule has 0 N–H and O–H groups in total. The number of aromatic nitrogens is 4. The van der Waals surface area contributed by atoms with E-state index < -0.39 is 0 Å². The summed E-state index contributed by atoms with van der Waals surface area (Å²) in [6.45, 7) is 8.65. The van der Waals surface area contributed by atoms with Crippen LogP contribution < -0.4 is 0 Å². The molecule has 1 saturated heterocycles. The lowest BCUT2D eigenvalue weighted by molar-refractivity contribution is 0.0555. The molecule has 31 heavy (non-hydrogen) atoms. The number of rotatable bonds is 6. The topological polar surface area (TPSA) is 80.3 Å². The quantitative estimate of drug-likeness (QED) is 0.603. The van der Waals surface area contributed by atoms with Gasteiger partial charge in [-0.1, -0.05) is 19.1 Å². The third kappa shape index (κ3) is 4.23. The molecule has 4 rings (SSSR count). The van der Waals surface area contributed by atoms with Gasteiger partial charge in [-0.3, -0.25) is 9.69 Å². The fourth-order valence-corrected chi connectivity index (χ4v) is 3.85. The van der Waals surface area contributed by atoms with Crippen molar-refractivity contribution in [2.75, 3.05) is 26.2 Å². The predicted octanol–water partition coefficient (Wildman–Crippen LogP) is 3.10. The van der Waals surface area contributed by atoms with E-state index in [1.54, 1.807) is 29.2 Å². The number of hydrogen-bond donors (Lipinski definition) is 0. The van der Waals surface area contributed by atoms with Crippen LogP contribution in [0.4, 0.5) is 4.39 Å². The van der Waals surface area contributed by atoms with Crippen LogP contribution in [-0.2, 0) is 5.54 Å². The van der Waals surface area contributed by atoms with Gasteiger partial charge in [0, 0.05) is 26.2 Å². The molecule has 2 aromatic heterocycles. The highest BCUT2D eigenvalue weighted by atomic mass is 19.1. The van der Waals surface area contributed by atoms with E-state index in [4.69, 9.17) is 4.42 Å². The van der Waals surface area contributed by atoms with Gasteiger partial charge >= 0.3 is 0 Å². The zero-order valence-corrected chi connectivity index (χ0v) is 18.0. The zero-order valence-electron chi connectivity index (χ0n) is 18.0. The predicted molar refractivity (Wildman–Crippen MR) is 112 cm³/mol. The summed E-state index contributed by atoms with van der Waals surface area (Å²) in [7, 11) is 0. The van der Waals surface area contributed by atoms with Gasteiger partial charge in [-0.05, 0) is 60.5 Å². The number of hydrogen-bond acceptors (Lipinski definition) is 6. The minimum atomic E-state index is -0.287.